The molecule has 5 rings (SSSR count). The molecule has 0 spiro atoms. The molecule has 140 valence electrons. The van der Waals surface area contributed by atoms with Crippen molar-refractivity contribution in [2.45, 2.75) is 0 Å². The van der Waals surface area contributed by atoms with E-state index in [4.69, 9.17) is 0 Å². The molecule has 0 N–H and O–H groups in total. The summed E-state index contributed by atoms with van der Waals surface area (Å²) in [6.45, 7) is 0.982. The number of aromatic nitrogens is 3. The Morgan fingerprint density at radius 1 is 0.964 bits per heavy atom. The number of nitrogens with zero attached hydrogens (tertiary/aromatic N) is 5. The number of hydrogen-bond acceptors (Lipinski definition) is 4. The number of amides is 2. The molecule has 0 aliphatic carbocycles. The molecule has 3 aromatic heterocycles. The lowest BCUT2D eigenvalue weighted by Gasteiger charge is -2.16. The van der Waals surface area contributed by atoms with Gasteiger partial charge in [-0.15, -0.1) is 0 Å². The summed E-state index contributed by atoms with van der Waals surface area (Å²) < 4.78 is 3.75. The minimum Gasteiger partial charge on any atom is -0.308 e. The molecule has 7 nitrogen and oxygen atoms in total. The fourth-order valence-corrected chi connectivity index (χ4v) is 3.84. The molecular formula is C21H19N5O2. The Labute approximate surface area is 161 Å². The fourth-order valence-electron chi connectivity index (χ4n) is 3.84. The van der Waals surface area contributed by atoms with Gasteiger partial charge >= 0.3 is 0 Å². The van der Waals surface area contributed by atoms with E-state index in [1.54, 1.807) is 6.20 Å². The van der Waals surface area contributed by atoms with Gasteiger partial charge in [0.05, 0.1) is 33.9 Å². The molecule has 2 amide bonds. The molecule has 28 heavy (non-hydrogen) atoms. The average molecular weight is 373 g/mol. The average Bonchev–Trinajstić information content (AvgIpc) is 3.38. The van der Waals surface area contributed by atoms with Crippen molar-refractivity contribution in [3.63, 3.8) is 0 Å². The van der Waals surface area contributed by atoms with Crippen molar-refractivity contribution in [2.24, 2.45) is 0 Å². The van der Waals surface area contributed by atoms with Crippen LogP contribution in [0.4, 0.5) is 0 Å². The van der Waals surface area contributed by atoms with Crippen LogP contribution in [-0.2, 0) is 0 Å². The van der Waals surface area contributed by atoms with Crippen LogP contribution in [0.15, 0.2) is 54.9 Å². The van der Waals surface area contributed by atoms with Crippen molar-refractivity contribution >= 4 is 28.4 Å². The lowest BCUT2D eigenvalue weighted by atomic mass is 10.1. The summed E-state index contributed by atoms with van der Waals surface area (Å²) in [5.74, 6) is -0.483. The summed E-state index contributed by atoms with van der Waals surface area (Å²) in [5.41, 5.74) is 3.32. The van der Waals surface area contributed by atoms with Gasteiger partial charge in [0.25, 0.3) is 11.8 Å². The number of benzene rings is 1. The largest absolute Gasteiger partial charge is 0.308 e. The van der Waals surface area contributed by atoms with Crippen LogP contribution < -0.4 is 0 Å². The molecule has 1 aromatic carbocycles. The Morgan fingerprint density at radius 3 is 2.46 bits per heavy atom. The summed E-state index contributed by atoms with van der Waals surface area (Å²) in [7, 11) is 3.84. The maximum atomic E-state index is 13.2. The third kappa shape index (κ3) is 2.23. The van der Waals surface area contributed by atoms with Gasteiger partial charge in [-0.1, -0.05) is 18.2 Å². The smallest absolute Gasteiger partial charge is 0.263 e. The third-order valence-corrected chi connectivity index (χ3v) is 5.19. The summed E-state index contributed by atoms with van der Waals surface area (Å²) in [6, 6.07) is 13.5. The first-order chi connectivity index (χ1) is 13.6. The fraction of sp³-hybridized carbons (Fsp3) is 0.190. The number of hydrogen-bond donors (Lipinski definition) is 0. The first kappa shape index (κ1) is 16.7. The van der Waals surface area contributed by atoms with Crippen molar-refractivity contribution in [1.29, 1.82) is 0 Å². The Balaban J connectivity index is 1.78. The lowest BCUT2D eigenvalue weighted by Crippen LogP contribution is -2.35. The molecule has 7 heteroatoms. The predicted octanol–water partition coefficient (Wildman–Crippen LogP) is 2.44. The standard InChI is InChI=1S/C21H19N5O2/c1-23(2)11-12-25-20(27)17-15-13-22-26(14-7-4-3-5-8-14)19(15)24-10-6-9-16(24)18(17)21(25)28/h3-10,13H,11-12H2,1-2H3. The van der Waals surface area contributed by atoms with Crippen LogP contribution in [-0.4, -0.2) is 63.0 Å². The zero-order chi connectivity index (χ0) is 19.4. The second-order valence-electron chi connectivity index (χ2n) is 7.21. The molecule has 0 saturated carbocycles. The van der Waals surface area contributed by atoms with Crippen LogP contribution in [0.2, 0.25) is 0 Å². The predicted molar refractivity (Wildman–Crippen MR) is 106 cm³/mol. The third-order valence-electron chi connectivity index (χ3n) is 5.19. The van der Waals surface area contributed by atoms with Crippen molar-refractivity contribution in [2.75, 3.05) is 27.2 Å². The maximum Gasteiger partial charge on any atom is 0.263 e. The van der Waals surface area contributed by atoms with E-state index >= 15 is 0 Å². The maximum absolute atomic E-state index is 13.2. The SMILES string of the molecule is CN(C)CCN1C(=O)c2c(c3cccn3c3c2cnn3-c2ccccc2)C1=O. The summed E-state index contributed by atoms with van der Waals surface area (Å²) in [6.07, 6.45) is 3.58. The van der Waals surface area contributed by atoms with Gasteiger partial charge in [0.15, 0.2) is 0 Å². The molecule has 0 saturated heterocycles. The molecule has 0 atom stereocenters. The first-order valence-corrected chi connectivity index (χ1v) is 9.15. The van der Waals surface area contributed by atoms with E-state index in [0.717, 1.165) is 16.9 Å². The summed E-state index contributed by atoms with van der Waals surface area (Å²) in [5, 5.41) is 5.23. The Hall–Kier alpha value is -3.45. The highest BCUT2D eigenvalue weighted by atomic mass is 16.2. The van der Waals surface area contributed by atoms with Crippen molar-refractivity contribution in [3.05, 3.63) is 66.0 Å². The second kappa shape index (κ2) is 6.03. The number of likely N-dealkylation sites (N-methyl/N-ethyl adjacent to an activating group) is 1. The van der Waals surface area contributed by atoms with Crippen LogP contribution in [0, 0.1) is 0 Å². The zero-order valence-electron chi connectivity index (χ0n) is 15.7. The number of carbonyl (C=O) groups excluding carboxylic acids is 2. The molecule has 4 aromatic rings. The monoisotopic (exact) mass is 373 g/mol. The van der Waals surface area contributed by atoms with Gasteiger partial charge in [-0.3, -0.25) is 14.5 Å². The van der Waals surface area contributed by atoms with Gasteiger partial charge in [-0.25, -0.2) is 4.68 Å². The van der Waals surface area contributed by atoms with Crippen LogP contribution >= 0.6 is 0 Å². The van der Waals surface area contributed by atoms with E-state index in [0.29, 0.717) is 29.6 Å². The molecular weight excluding hydrogens is 354 g/mol. The highest BCUT2D eigenvalue weighted by Crippen LogP contribution is 2.34. The minimum absolute atomic E-state index is 0.236. The van der Waals surface area contributed by atoms with E-state index in [1.807, 2.05) is 76.7 Å². The summed E-state index contributed by atoms with van der Waals surface area (Å²) in [4.78, 5) is 29.6. The number of fused-ring (bicyclic) bond motifs is 6. The van der Waals surface area contributed by atoms with Crippen LogP contribution in [0.1, 0.15) is 20.7 Å². The normalized spacial score (nSPS) is 14.0. The first-order valence-electron chi connectivity index (χ1n) is 9.15. The van der Waals surface area contributed by atoms with Crippen LogP contribution in [0.3, 0.4) is 0 Å². The van der Waals surface area contributed by atoms with Crippen molar-refractivity contribution < 1.29 is 9.59 Å². The zero-order valence-corrected chi connectivity index (χ0v) is 15.7. The van der Waals surface area contributed by atoms with Gasteiger partial charge < -0.3 is 9.30 Å². The van der Waals surface area contributed by atoms with E-state index in [1.165, 1.54) is 4.90 Å². The molecule has 0 fully saturated rings. The summed E-state index contributed by atoms with van der Waals surface area (Å²) >= 11 is 0. The van der Waals surface area contributed by atoms with Gasteiger partial charge in [-0.05, 0) is 38.4 Å². The Kier molecular flexibility index (Phi) is 3.60. The van der Waals surface area contributed by atoms with E-state index < -0.39 is 0 Å². The topological polar surface area (TPSA) is 62.9 Å². The quantitative estimate of drug-likeness (QED) is 0.516. The minimum atomic E-state index is -0.247. The number of pyridine rings is 1. The number of imide groups is 1. The molecule has 1 aliphatic rings. The highest BCUT2D eigenvalue weighted by molar-refractivity contribution is 6.28. The van der Waals surface area contributed by atoms with Gasteiger partial charge in [0, 0.05) is 19.3 Å². The van der Waals surface area contributed by atoms with Gasteiger partial charge in [0.2, 0.25) is 0 Å². The van der Waals surface area contributed by atoms with E-state index in [9.17, 15) is 9.59 Å². The molecule has 1 aliphatic heterocycles. The van der Waals surface area contributed by atoms with Crippen molar-refractivity contribution in [1.82, 2.24) is 24.0 Å². The Morgan fingerprint density at radius 2 is 1.71 bits per heavy atom. The number of rotatable bonds is 4. The van der Waals surface area contributed by atoms with Crippen LogP contribution in [0.25, 0.3) is 22.2 Å². The molecule has 0 bridgehead atoms. The van der Waals surface area contributed by atoms with Gasteiger partial charge in [-0.2, -0.15) is 5.10 Å². The van der Waals surface area contributed by atoms with E-state index in [2.05, 4.69) is 5.10 Å². The number of carbonyl (C=O) groups is 2. The highest BCUT2D eigenvalue weighted by Gasteiger charge is 2.39. The van der Waals surface area contributed by atoms with Gasteiger partial charge in [0.1, 0.15) is 5.65 Å². The number of para-hydroxylation sites is 1. The van der Waals surface area contributed by atoms with Crippen LogP contribution in [0.5, 0.6) is 0 Å². The second-order valence-corrected chi connectivity index (χ2v) is 7.21. The molecule has 0 radical (unpaired) electrons. The van der Waals surface area contributed by atoms with E-state index in [-0.39, 0.29) is 11.8 Å². The lowest BCUT2D eigenvalue weighted by molar-refractivity contribution is 0.0646. The van der Waals surface area contributed by atoms with Crippen molar-refractivity contribution in [3.8, 4) is 5.69 Å². The Bertz CT molecular complexity index is 1240. The molecule has 0 unspecified atom stereocenters. The molecule has 4 heterocycles.